The second kappa shape index (κ2) is 9.81. The molecule has 0 unspecified atom stereocenters. The SMILES string of the molecule is CCCCOC(=O)c1ccc(NC2=C(N3CCCCC3)C(=O)c3ccccc3C2=O)cc1. The lowest BCUT2D eigenvalue weighted by Gasteiger charge is -2.34. The van der Waals surface area contributed by atoms with Crippen LogP contribution in [-0.2, 0) is 4.74 Å². The molecule has 32 heavy (non-hydrogen) atoms. The van der Waals surface area contributed by atoms with E-state index in [1.165, 1.54) is 0 Å². The van der Waals surface area contributed by atoms with Crippen LogP contribution in [0, 0.1) is 0 Å². The number of likely N-dealkylation sites (tertiary alicyclic amines) is 1. The molecule has 1 fully saturated rings. The highest BCUT2D eigenvalue weighted by atomic mass is 16.5. The van der Waals surface area contributed by atoms with E-state index in [0.29, 0.717) is 40.4 Å². The number of carbonyl (C=O) groups excluding carboxylic acids is 3. The fourth-order valence-corrected chi connectivity index (χ4v) is 4.12. The Hall–Kier alpha value is -3.41. The first kappa shape index (κ1) is 21.8. The van der Waals surface area contributed by atoms with Crippen molar-refractivity contribution >= 4 is 23.2 Å². The average molecular weight is 433 g/mol. The Kier molecular flexibility index (Phi) is 6.69. The Morgan fingerprint density at radius 1 is 0.938 bits per heavy atom. The number of nitrogens with zero attached hydrogens (tertiary/aromatic N) is 1. The molecule has 0 saturated carbocycles. The number of hydrogen-bond acceptors (Lipinski definition) is 6. The molecule has 2 aromatic carbocycles. The minimum atomic E-state index is -0.365. The van der Waals surface area contributed by atoms with Gasteiger partial charge in [0.2, 0.25) is 11.6 Å². The highest BCUT2D eigenvalue weighted by Crippen LogP contribution is 2.31. The monoisotopic (exact) mass is 432 g/mol. The molecular formula is C26H28N2O4. The molecular weight excluding hydrogens is 404 g/mol. The standard InChI is InChI=1S/C26H28N2O4/c1-2-3-17-32-26(31)18-11-13-19(14-12-18)27-22-23(28-15-7-4-8-16-28)25(30)21-10-6-5-9-20(21)24(22)29/h5-6,9-14,27H,2-4,7-8,15-17H2,1H3. The van der Waals surface area contributed by atoms with Crippen molar-refractivity contribution in [1.29, 1.82) is 0 Å². The van der Waals surface area contributed by atoms with Gasteiger partial charge >= 0.3 is 5.97 Å². The maximum atomic E-state index is 13.4. The lowest BCUT2D eigenvalue weighted by atomic mass is 9.89. The molecule has 0 amide bonds. The minimum absolute atomic E-state index is 0.124. The van der Waals surface area contributed by atoms with Gasteiger partial charge in [-0.15, -0.1) is 0 Å². The first-order valence-corrected chi connectivity index (χ1v) is 11.3. The van der Waals surface area contributed by atoms with E-state index < -0.39 is 0 Å². The summed E-state index contributed by atoms with van der Waals surface area (Å²) in [6.07, 6.45) is 4.90. The molecule has 166 valence electrons. The van der Waals surface area contributed by atoms with Gasteiger partial charge in [0.1, 0.15) is 11.4 Å². The molecule has 0 spiro atoms. The quantitative estimate of drug-likeness (QED) is 0.499. The highest BCUT2D eigenvalue weighted by molar-refractivity contribution is 6.27. The number of esters is 1. The number of carbonyl (C=O) groups is 3. The second-order valence-corrected chi connectivity index (χ2v) is 8.17. The Morgan fingerprint density at radius 2 is 1.59 bits per heavy atom. The van der Waals surface area contributed by atoms with Gasteiger partial charge in [0.15, 0.2) is 0 Å². The Balaban J connectivity index is 1.62. The van der Waals surface area contributed by atoms with Crippen LogP contribution in [0.2, 0.25) is 0 Å². The molecule has 0 bridgehead atoms. The number of hydrogen-bond donors (Lipinski definition) is 1. The normalized spacial score (nSPS) is 16.1. The summed E-state index contributed by atoms with van der Waals surface area (Å²) in [5.41, 5.74) is 2.70. The second-order valence-electron chi connectivity index (χ2n) is 8.17. The number of unbranched alkanes of at least 4 members (excludes halogenated alkanes) is 1. The molecule has 1 aliphatic heterocycles. The minimum Gasteiger partial charge on any atom is -0.462 e. The maximum Gasteiger partial charge on any atom is 0.338 e. The van der Waals surface area contributed by atoms with Crippen molar-refractivity contribution in [2.45, 2.75) is 39.0 Å². The number of ether oxygens (including phenoxy) is 1. The van der Waals surface area contributed by atoms with Crippen LogP contribution in [0.15, 0.2) is 59.9 Å². The molecule has 2 aliphatic rings. The Morgan fingerprint density at radius 3 is 2.25 bits per heavy atom. The number of benzene rings is 2. The van der Waals surface area contributed by atoms with Crippen LogP contribution >= 0.6 is 0 Å². The van der Waals surface area contributed by atoms with Gasteiger partial charge in [-0.05, 0) is 49.9 Å². The van der Waals surface area contributed by atoms with E-state index in [1.54, 1.807) is 48.5 Å². The zero-order valence-corrected chi connectivity index (χ0v) is 18.4. The third-order valence-electron chi connectivity index (χ3n) is 5.89. The van der Waals surface area contributed by atoms with Gasteiger partial charge in [0, 0.05) is 29.9 Å². The maximum absolute atomic E-state index is 13.4. The van der Waals surface area contributed by atoms with Crippen molar-refractivity contribution in [2.24, 2.45) is 0 Å². The van der Waals surface area contributed by atoms with Crippen molar-refractivity contribution in [3.63, 3.8) is 0 Å². The van der Waals surface area contributed by atoms with Gasteiger partial charge in [-0.2, -0.15) is 0 Å². The van der Waals surface area contributed by atoms with Crippen LogP contribution in [0.5, 0.6) is 0 Å². The fraction of sp³-hybridized carbons (Fsp3) is 0.346. The summed E-state index contributed by atoms with van der Waals surface area (Å²) >= 11 is 0. The van der Waals surface area contributed by atoms with Crippen LogP contribution in [0.1, 0.15) is 70.1 Å². The molecule has 1 heterocycles. The molecule has 2 aromatic rings. The van der Waals surface area contributed by atoms with Gasteiger partial charge in [-0.1, -0.05) is 37.6 Å². The Labute approximate surface area is 188 Å². The lowest BCUT2D eigenvalue weighted by Crippen LogP contribution is -2.39. The van der Waals surface area contributed by atoms with Gasteiger partial charge < -0.3 is 15.0 Å². The first-order chi connectivity index (χ1) is 15.6. The summed E-state index contributed by atoms with van der Waals surface area (Å²) in [5.74, 6) is -0.680. The van der Waals surface area contributed by atoms with E-state index in [9.17, 15) is 14.4 Å². The van der Waals surface area contributed by atoms with Crippen molar-refractivity contribution < 1.29 is 19.1 Å². The summed E-state index contributed by atoms with van der Waals surface area (Å²) in [6.45, 7) is 3.95. The number of ketones is 2. The lowest BCUT2D eigenvalue weighted by molar-refractivity contribution is 0.0499. The van der Waals surface area contributed by atoms with Gasteiger partial charge in [0.25, 0.3) is 0 Å². The van der Waals surface area contributed by atoms with E-state index in [2.05, 4.69) is 5.32 Å². The van der Waals surface area contributed by atoms with Crippen LogP contribution < -0.4 is 5.32 Å². The average Bonchev–Trinajstić information content (AvgIpc) is 2.83. The van der Waals surface area contributed by atoms with Crippen LogP contribution in [-0.4, -0.2) is 42.1 Å². The largest absolute Gasteiger partial charge is 0.462 e. The summed E-state index contributed by atoms with van der Waals surface area (Å²) in [7, 11) is 0. The molecule has 4 rings (SSSR count). The third kappa shape index (κ3) is 4.44. The number of piperidine rings is 1. The molecule has 0 radical (unpaired) electrons. The predicted molar refractivity (Wildman–Crippen MR) is 123 cm³/mol. The fourth-order valence-electron chi connectivity index (χ4n) is 4.12. The van der Waals surface area contributed by atoms with Crippen LogP contribution in [0.3, 0.4) is 0 Å². The summed E-state index contributed by atoms with van der Waals surface area (Å²) in [6, 6.07) is 13.8. The van der Waals surface area contributed by atoms with Crippen LogP contribution in [0.25, 0.3) is 0 Å². The zero-order valence-electron chi connectivity index (χ0n) is 18.4. The first-order valence-electron chi connectivity index (χ1n) is 11.3. The Bertz CT molecular complexity index is 1050. The zero-order chi connectivity index (χ0) is 22.5. The van der Waals surface area contributed by atoms with Crippen molar-refractivity contribution in [3.05, 3.63) is 76.6 Å². The van der Waals surface area contributed by atoms with E-state index >= 15 is 0 Å². The van der Waals surface area contributed by atoms with Gasteiger partial charge in [-0.3, -0.25) is 9.59 Å². The van der Waals surface area contributed by atoms with Crippen molar-refractivity contribution in [3.8, 4) is 0 Å². The highest BCUT2D eigenvalue weighted by Gasteiger charge is 2.35. The molecule has 1 aliphatic carbocycles. The molecule has 0 aromatic heterocycles. The molecule has 1 saturated heterocycles. The van der Waals surface area contributed by atoms with Gasteiger partial charge in [-0.25, -0.2) is 4.79 Å². The van der Waals surface area contributed by atoms with E-state index in [0.717, 1.165) is 45.2 Å². The number of Topliss-reactive ketones (excluding diaryl/α,β-unsaturated/α-hetero) is 2. The van der Waals surface area contributed by atoms with Crippen molar-refractivity contribution in [1.82, 2.24) is 4.90 Å². The number of rotatable bonds is 7. The van der Waals surface area contributed by atoms with Crippen LogP contribution in [0.4, 0.5) is 5.69 Å². The molecule has 1 N–H and O–H groups in total. The van der Waals surface area contributed by atoms with Gasteiger partial charge in [0.05, 0.1) is 12.2 Å². The summed E-state index contributed by atoms with van der Waals surface area (Å²) in [5, 5.41) is 3.18. The number of anilines is 1. The predicted octanol–water partition coefficient (Wildman–Crippen LogP) is 4.83. The molecule has 6 nitrogen and oxygen atoms in total. The topological polar surface area (TPSA) is 75.7 Å². The third-order valence-corrected chi connectivity index (χ3v) is 5.89. The smallest absolute Gasteiger partial charge is 0.338 e. The molecule has 0 atom stereocenters. The van der Waals surface area contributed by atoms with Crippen molar-refractivity contribution in [2.75, 3.05) is 25.0 Å². The summed E-state index contributed by atoms with van der Waals surface area (Å²) < 4.78 is 5.25. The molecule has 6 heteroatoms. The van der Waals surface area contributed by atoms with E-state index in [-0.39, 0.29) is 17.5 Å². The number of nitrogens with one attached hydrogen (secondary N) is 1. The summed E-state index contributed by atoms with van der Waals surface area (Å²) in [4.78, 5) is 40.9. The van der Waals surface area contributed by atoms with E-state index in [4.69, 9.17) is 4.74 Å². The number of fused-ring (bicyclic) bond motifs is 1. The number of allylic oxidation sites excluding steroid dienone is 2. The van der Waals surface area contributed by atoms with E-state index in [1.807, 2.05) is 11.8 Å².